The molecule has 0 amide bonds. The maximum Gasteiger partial charge on any atom is 0.135 e. The summed E-state index contributed by atoms with van der Waals surface area (Å²) in [7, 11) is 0. The molecule has 0 bridgehead atoms. The average Bonchev–Trinajstić information content (AvgIpc) is 3.70. The fraction of sp³-hybridized carbons (Fsp3) is 0. The van der Waals surface area contributed by atoms with Crippen LogP contribution < -0.4 is 4.90 Å². The van der Waals surface area contributed by atoms with Crippen LogP contribution in [0.3, 0.4) is 0 Å². The summed E-state index contributed by atoms with van der Waals surface area (Å²) in [6, 6.07) is 81.5. The van der Waals surface area contributed by atoms with Crippen molar-refractivity contribution in [2.45, 2.75) is 0 Å². The molecular weight excluding hydrogens is 727 g/mol. The maximum absolute atomic E-state index is 6.15. The third-order valence-electron chi connectivity index (χ3n) is 12.2. The molecule has 1 heterocycles. The normalized spacial score (nSPS) is 11.7. The molecule has 0 radical (unpaired) electrons. The van der Waals surface area contributed by atoms with Crippen LogP contribution in [0.5, 0.6) is 0 Å². The number of para-hydroxylation sites is 1. The van der Waals surface area contributed by atoms with Crippen molar-refractivity contribution in [3.8, 4) is 33.4 Å². The predicted octanol–water partition coefficient (Wildman–Crippen LogP) is 16.7. The van der Waals surface area contributed by atoms with Crippen molar-refractivity contribution in [2.24, 2.45) is 0 Å². The van der Waals surface area contributed by atoms with Crippen molar-refractivity contribution in [2.75, 3.05) is 4.90 Å². The van der Waals surface area contributed by atoms with E-state index in [0.717, 1.165) is 50.1 Å². The standard InChI is InChI=1S/C58H37NO/c1-4-16-46-39(12-1)15-11-22-50(46)53-34-28-40-13-2-6-18-48(40)58(53)41-26-32-45(33-27-41)59(55-37-43-14-3-5-17-47(43)49-19-7-8-20-51(49)55)44-30-24-38(25-31-44)42-29-35-57-54(36-42)52-21-9-10-23-56(52)60-57/h1-37H. The van der Waals surface area contributed by atoms with Crippen molar-refractivity contribution in [1.82, 2.24) is 0 Å². The quantitative estimate of drug-likeness (QED) is 0.157. The Morgan fingerprint density at radius 2 is 0.833 bits per heavy atom. The number of hydrogen-bond donors (Lipinski definition) is 0. The van der Waals surface area contributed by atoms with E-state index in [-0.39, 0.29) is 0 Å². The highest BCUT2D eigenvalue weighted by atomic mass is 16.3. The van der Waals surface area contributed by atoms with E-state index in [1.165, 1.54) is 65.3 Å². The molecule has 0 aliphatic carbocycles. The molecule has 0 atom stereocenters. The van der Waals surface area contributed by atoms with Crippen molar-refractivity contribution < 1.29 is 4.42 Å². The van der Waals surface area contributed by atoms with Gasteiger partial charge in [0.2, 0.25) is 0 Å². The van der Waals surface area contributed by atoms with Gasteiger partial charge in [0, 0.05) is 27.5 Å². The minimum Gasteiger partial charge on any atom is -0.456 e. The highest BCUT2D eigenvalue weighted by Gasteiger charge is 2.20. The monoisotopic (exact) mass is 763 g/mol. The van der Waals surface area contributed by atoms with Gasteiger partial charge in [-0.1, -0.05) is 176 Å². The van der Waals surface area contributed by atoms with Crippen LogP contribution in [0.25, 0.3) is 98.4 Å². The zero-order valence-corrected chi connectivity index (χ0v) is 32.7. The second-order valence-corrected chi connectivity index (χ2v) is 15.6. The van der Waals surface area contributed by atoms with Gasteiger partial charge >= 0.3 is 0 Å². The molecule has 2 heteroatoms. The largest absolute Gasteiger partial charge is 0.456 e. The van der Waals surface area contributed by atoms with Gasteiger partial charge in [-0.2, -0.15) is 0 Å². The van der Waals surface area contributed by atoms with Crippen LogP contribution in [0.2, 0.25) is 0 Å². The van der Waals surface area contributed by atoms with Crippen LogP contribution in [0.4, 0.5) is 17.1 Å². The van der Waals surface area contributed by atoms with Crippen LogP contribution in [-0.4, -0.2) is 0 Å². The van der Waals surface area contributed by atoms with Crippen LogP contribution >= 0.6 is 0 Å². The highest BCUT2D eigenvalue weighted by Crippen LogP contribution is 2.45. The van der Waals surface area contributed by atoms with Crippen LogP contribution in [0.1, 0.15) is 0 Å². The Morgan fingerprint density at radius 1 is 0.283 bits per heavy atom. The van der Waals surface area contributed by atoms with E-state index in [9.17, 15) is 0 Å². The van der Waals surface area contributed by atoms with Gasteiger partial charge in [-0.3, -0.25) is 0 Å². The zero-order valence-electron chi connectivity index (χ0n) is 32.7. The second kappa shape index (κ2) is 13.9. The minimum absolute atomic E-state index is 0.905. The summed E-state index contributed by atoms with van der Waals surface area (Å²) in [5.74, 6) is 0. The second-order valence-electron chi connectivity index (χ2n) is 15.6. The maximum atomic E-state index is 6.15. The number of benzene rings is 11. The van der Waals surface area contributed by atoms with Gasteiger partial charge < -0.3 is 9.32 Å². The molecule has 11 aromatic carbocycles. The molecule has 0 unspecified atom stereocenters. The van der Waals surface area contributed by atoms with E-state index >= 15 is 0 Å². The Bertz CT molecular complexity index is 3590. The first-order chi connectivity index (χ1) is 29.7. The summed E-state index contributed by atoms with van der Waals surface area (Å²) in [6.07, 6.45) is 0. The Morgan fingerprint density at radius 3 is 1.60 bits per heavy atom. The lowest BCUT2D eigenvalue weighted by Gasteiger charge is -2.28. The summed E-state index contributed by atoms with van der Waals surface area (Å²) in [5, 5.41) is 12.1. The molecule has 60 heavy (non-hydrogen) atoms. The number of hydrogen-bond acceptors (Lipinski definition) is 2. The van der Waals surface area contributed by atoms with E-state index in [2.05, 4.69) is 217 Å². The Labute approximate surface area is 347 Å². The summed E-state index contributed by atoms with van der Waals surface area (Å²) < 4.78 is 6.15. The molecule has 12 rings (SSSR count). The predicted molar refractivity (Wildman–Crippen MR) is 255 cm³/mol. The van der Waals surface area contributed by atoms with E-state index in [0.29, 0.717) is 0 Å². The number of anilines is 3. The summed E-state index contributed by atoms with van der Waals surface area (Å²) >= 11 is 0. The lowest BCUT2D eigenvalue weighted by Crippen LogP contribution is -2.10. The Hall–Kier alpha value is -7.94. The van der Waals surface area contributed by atoms with Crippen molar-refractivity contribution in [3.05, 3.63) is 224 Å². The molecule has 12 aromatic rings. The molecule has 1 aromatic heterocycles. The summed E-state index contributed by atoms with van der Waals surface area (Å²) in [6.45, 7) is 0. The fourth-order valence-corrected chi connectivity index (χ4v) is 9.40. The van der Waals surface area contributed by atoms with Crippen molar-refractivity contribution in [3.63, 3.8) is 0 Å². The van der Waals surface area contributed by atoms with Gasteiger partial charge in [-0.25, -0.2) is 0 Å². The van der Waals surface area contributed by atoms with E-state index in [4.69, 9.17) is 4.42 Å². The topological polar surface area (TPSA) is 16.4 Å². The Balaban J connectivity index is 1.03. The lowest BCUT2D eigenvalue weighted by molar-refractivity contribution is 0.669. The van der Waals surface area contributed by atoms with Gasteiger partial charge in [0.05, 0.1) is 5.69 Å². The fourth-order valence-electron chi connectivity index (χ4n) is 9.40. The van der Waals surface area contributed by atoms with Gasteiger partial charge in [0.15, 0.2) is 0 Å². The number of furan rings is 1. The molecule has 0 aliphatic heterocycles. The first-order valence-corrected chi connectivity index (χ1v) is 20.6. The Kier molecular flexibility index (Phi) is 7.89. The first kappa shape index (κ1) is 34.1. The summed E-state index contributed by atoms with van der Waals surface area (Å²) in [5.41, 5.74) is 12.3. The highest BCUT2D eigenvalue weighted by molar-refractivity contribution is 6.15. The molecule has 0 fully saturated rings. The smallest absolute Gasteiger partial charge is 0.135 e. The van der Waals surface area contributed by atoms with Crippen LogP contribution in [0.15, 0.2) is 229 Å². The SMILES string of the molecule is c1ccc2c(-c3ccc4ccccc4c3-c3ccc(N(c4ccc(-c5ccc6oc7ccccc7c6c5)cc4)c4cc5ccccc5c5ccccc45)cc3)cccc2c1. The van der Waals surface area contributed by atoms with E-state index in [1.54, 1.807) is 0 Å². The first-order valence-electron chi connectivity index (χ1n) is 20.6. The molecule has 0 N–H and O–H groups in total. The molecule has 0 spiro atoms. The third kappa shape index (κ3) is 5.57. The zero-order chi connectivity index (χ0) is 39.6. The van der Waals surface area contributed by atoms with E-state index in [1.807, 2.05) is 12.1 Å². The van der Waals surface area contributed by atoms with Gasteiger partial charge in [-0.05, 0) is 120 Å². The number of nitrogens with zero attached hydrogens (tertiary/aromatic N) is 1. The number of rotatable bonds is 6. The lowest BCUT2D eigenvalue weighted by atomic mass is 9.88. The van der Waals surface area contributed by atoms with Gasteiger partial charge in [-0.15, -0.1) is 0 Å². The third-order valence-corrected chi connectivity index (χ3v) is 12.2. The van der Waals surface area contributed by atoms with Crippen LogP contribution in [0, 0.1) is 0 Å². The molecule has 2 nitrogen and oxygen atoms in total. The molecule has 280 valence electrons. The minimum atomic E-state index is 0.905. The van der Waals surface area contributed by atoms with Gasteiger partial charge in [0.1, 0.15) is 11.2 Å². The molecular formula is C58H37NO. The van der Waals surface area contributed by atoms with Crippen LogP contribution in [-0.2, 0) is 0 Å². The van der Waals surface area contributed by atoms with Crippen molar-refractivity contribution >= 4 is 82.1 Å². The summed E-state index contributed by atoms with van der Waals surface area (Å²) in [4.78, 5) is 2.42. The van der Waals surface area contributed by atoms with Gasteiger partial charge in [0.25, 0.3) is 0 Å². The van der Waals surface area contributed by atoms with Crippen molar-refractivity contribution in [1.29, 1.82) is 0 Å². The number of fused-ring (bicyclic) bond motifs is 8. The van der Waals surface area contributed by atoms with E-state index < -0.39 is 0 Å². The average molecular weight is 764 g/mol. The molecule has 0 aliphatic rings. The molecule has 0 saturated carbocycles. The molecule has 0 saturated heterocycles.